The number of ether oxygens (including phenoxy) is 2. The third-order valence-electron chi connectivity index (χ3n) is 4.88. The maximum absolute atomic E-state index is 12.3. The zero-order chi connectivity index (χ0) is 24.0. The molecule has 9 heteroatoms. The number of amides is 1. The molecule has 0 fully saturated rings. The third-order valence-corrected chi connectivity index (χ3v) is 4.88. The number of rotatable bonds is 9. The summed E-state index contributed by atoms with van der Waals surface area (Å²) >= 11 is 0. The standard InChI is InChI=1S/C24H25N3O6/c1-5-31-22-13-18(8-11-21-24(27(29)30)17(4)26-33-21)7-10-20(22)32-14-23(28)25-19-9-6-15(2)16(3)12-19/h6-13H,5,14H2,1-4H3,(H,25,28)/b11-8+. The number of benzene rings is 2. The van der Waals surface area contributed by atoms with Gasteiger partial charge in [0.05, 0.1) is 11.5 Å². The molecule has 3 aromatic rings. The second kappa shape index (κ2) is 10.4. The molecule has 0 aliphatic rings. The van der Waals surface area contributed by atoms with Crippen LogP contribution in [0.15, 0.2) is 40.9 Å². The van der Waals surface area contributed by atoms with E-state index in [9.17, 15) is 14.9 Å². The van der Waals surface area contributed by atoms with Gasteiger partial charge in [0.15, 0.2) is 23.8 Å². The SMILES string of the molecule is CCOc1cc(/C=C/c2onc(C)c2[N+](=O)[O-])ccc1OCC(=O)Nc1ccc(C)c(C)c1. The molecular formula is C24H25N3O6. The fourth-order valence-electron chi connectivity index (χ4n) is 3.06. The molecule has 172 valence electrons. The van der Waals surface area contributed by atoms with E-state index >= 15 is 0 Å². The van der Waals surface area contributed by atoms with Gasteiger partial charge < -0.3 is 19.3 Å². The molecule has 1 aromatic heterocycles. The minimum Gasteiger partial charge on any atom is -0.490 e. The molecule has 0 atom stereocenters. The number of nitrogens with one attached hydrogen (secondary N) is 1. The van der Waals surface area contributed by atoms with Crippen molar-refractivity contribution in [3.63, 3.8) is 0 Å². The Hall–Kier alpha value is -4.14. The molecule has 2 aromatic carbocycles. The third kappa shape index (κ3) is 5.97. The van der Waals surface area contributed by atoms with Gasteiger partial charge in [-0.1, -0.05) is 23.4 Å². The Morgan fingerprint density at radius 1 is 1.09 bits per heavy atom. The van der Waals surface area contributed by atoms with Gasteiger partial charge in [-0.3, -0.25) is 14.9 Å². The van der Waals surface area contributed by atoms with Crippen LogP contribution in [0.3, 0.4) is 0 Å². The summed E-state index contributed by atoms with van der Waals surface area (Å²) in [6.45, 7) is 7.53. The van der Waals surface area contributed by atoms with E-state index in [1.165, 1.54) is 13.0 Å². The summed E-state index contributed by atoms with van der Waals surface area (Å²) in [6.07, 6.45) is 3.12. The topological polar surface area (TPSA) is 117 Å². The van der Waals surface area contributed by atoms with Crippen LogP contribution in [-0.4, -0.2) is 29.2 Å². The van der Waals surface area contributed by atoms with E-state index in [0.717, 1.165) is 11.1 Å². The number of aromatic nitrogens is 1. The van der Waals surface area contributed by atoms with E-state index in [4.69, 9.17) is 14.0 Å². The normalized spacial score (nSPS) is 10.9. The first kappa shape index (κ1) is 23.5. The number of carbonyl (C=O) groups is 1. The van der Waals surface area contributed by atoms with Crippen LogP contribution >= 0.6 is 0 Å². The first-order valence-electron chi connectivity index (χ1n) is 10.3. The molecule has 9 nitrogen and oxygen atoms in total. The van der Waals surface area contributed by atoms with Crippen LogP contribution in [0.25, 0.3) is 12.2 Å². The zero-order valence-electron chi connectivity index (χ0n) is 18.9. The maximum atomic E-state index is 12.3. The number of aryl methyl sites for hydroxylation is 3. The highest BCUT2D eigenvalue weighted by Gasteiger charge is 2.22. The van der Waals surface area contributed by atoms with Gasteiger partial charge in [-0.25, -0.2) is 0 Å². The van der Waals surface area contributed by atoms with E-state index in [2.05, 4.69) is 10.5 Å². The second-order valence-corrected chi connectivity index (χ2v) is 7.35. The number of hydrogen-bond donors (Lipinski definition) is 1. The quantitative estimate of drug-likeness (QED) is 0.355. The molecule has 3 rings (SSSR count). The Morgan fingerprint density at radius 2 is 1.88 bits per heavy atom. The predicted octanol–water partition coefficient (Wildman–Crippen LogP) is 5.09. The lowest BCUT2D eigenvalue weighted by molar-refractivity contribution is -0.386. The summed E-state index contributed by atoms with van der Waals surface area (Å²) in [7, 11) is 0. The highest BCUT2D eigenvalue weighted by atomic mass is 16.6. The van der Waals surface area contributed by atoms with Gasteiger partial charge in [0, 0.05) is 5.69 Å². The Labute approximate surface area is 191 Å². The largest absolute Gasteiger partial charge is 0.490 e. The minimum absolute atomic E-state index is 0.0544. The fourth-order valence-corrected chi connectivity index (χ4v) is 3.06. The smallest absolute Gasteiger partial charge is 0.338 e. The summed E-state index contributed by atoms with van der Waals surface area (Å²) < 4.78 is 16.3. The van der Waals surface area contributed by atoms with Crippen molar-refractivity contribution in [3.05, 3.63) is 74.7 Å². The molecule has 0 spiro atoms. The molecular weight excluding hydrogens is 426 g/mol. The van der Waals surface area contributed by atoms with Crippen molar-refractivity contribution < 1.29 is 23.7 Å². The molecule has 0 saturated carbocycles. The Morgan fingerprint density at radius 3 is 2.58 bits per heavy atom. The van der Waals surface area contributed by atoms with Crippen LogP contribution in [0.2, 0.25) is 0 Å². The lowest BCUT2D eigenvalue weighted by Crippen LogP contribution is -2.20. The molecule has 0 radical (unpaired) electrons. The number of nitrogens with zero attached hydrogens (tertiary/aromatic N) is 2. The average Bonchev–Trinajstić information content (AvgIpc) is 3.15. The monoisotopic (exact) mass is 451 g/mol. The molecule has 0 unspecified atom stereocenters. The molecule has 1 amide bonds. The molecule has 1 N–H and O–H groups in total. The first-order chi connectivity index (χ1) is 15.8. The highest BCUT2D eigenvalue weighted by molar-refractivity contribution is 5.92. The molecule has 33 heavy (non-hydrogen) atoms. The summed E-state index contributed by atoms with van der Waals surface area (Å²) in [4.78, 5) is 23.0. The van der Waals surface area contributed by atoms with Gasteiger partial charge in [0.25, 0.3) is 5.91 Å². The Kier molecular flexibility index (Phi) is 7.45. The average molecular weight is 451 g/mol. The summed E-state index contributed by atoms with van der Waals surface area (Å²) in [5, 5.41) is 17.6. The fraction of sp³-hybridized carbons (Fsp3) is 0.250. The number of nitro groups is 1. The summed E-state index contributed by atoms with van der Waals surface area (Å²) in [5.41, 5.74) is 3.67. The predicted molar refractivity (Wildman–Crippen MR) is 124 cm³/mol. The van der Waals surface area contributed by atoms with Crippen LogP contribution in [0, 0.1) is 30.9 Å². The molecule has 1 heterocycles. The van der Waals surface area contributed by atoms with Crippen molar-refractivity contribution in [1.29, 1.82) is 0 Å². The molecule has 0 aliphatic carbocycles. The van der Waals surface area contributed by atoms with Crippen LogP contribution in [-0.2, 0) is 4.79 Å². The van der Waals surface area contributed by atoms with Crippen LogP contribution < -0.4 is 14.8 Å². The van der Waals surface area contributed by atoms with Crippen LogP contribution in [0.5, 0.6) is 11.5 Å². The second-order valence-electron chi connectivity index (χ2n) is 7.35. The van der Waals surface area contributed by atoms with Crippen molar-refractivity contribution in [2.24, 2.45) is 0 Å². The molecule has 0 bridgehead atoms. The van der Waals surface area contributed by atoms with Crippen LogP contribution in [0.4, 0.5) is 11.4 Å². The Balaban J connectivity index is 1.70. The van der Waals surface area contributed by atoms with E-state index in [0.29, 0.717) is 29.4 Å². The van der Waals surface area contributed by atoms with Crippen molar-refractivity contribution in [1.82, 2.24) is 5.16 Å². The first-order valence-corrected chi connectivity index (χ1v) is 10.3. The van der Waals surface area contributed by atoms with E-state index in [1.807, 2.05) is 39.0 Å². The van der Waals surface area contributed by atoms with Gasteiger partial charge >= 0.3 is 5.69 Å². The van der Waals surface area contributed by atoms with E-state index in [-0.39, 0.29) is 29.7 Å². The van der Waals surface area contributed by atoms with Gasteiger partial charge in [-0.2, -0.15) is 0 Å². The molecule has 0 aliphatic heterocycles. The minimum atomic E-state index is -0.531. The van der Waals surface area contributed by atoms with Crippen molar-refractivity contribution >= 4 is 29.4 Å². The van der Waals surface area contributed by atoms with Crippen molar-refractivity contribution in [2.45, 2.75) is 27.7 Å². The zero-order valence-corrected chi connectivity index (χ0v) is 18.9. The summed E-state index contributed by atoms with van der Waals surface area (Å²) in [5.74, 6) is 0.615. The van der Waals surface area contributed by atoms with Gasteiger partial charge in [-0.15, -0.1) is 0 Å². The van der Waals surface area contributed by atoms with Gasteiger partial charge in [0.1, 0.15) is 0 Å². The Bertz CT molecular complexity index is 1200. The van der Waals surface area contributed by atoms with Crippen molar-refractivity contribution in [2.75, 3.05) is 18.5 Å². The lowest BCUT2D eigenvalue weighted by atomic mass is 10.1. The lowest BCUT2D eigenvalue weighted by Gasteiger charge is -2.13. The molecule has 0 saturated heterocycles. The number of carbonyl (C=O) groups excluding carboxylic acids is 1. The number of anilines is 1. The van der Waals surface area contributed by atoms with Crippen LogP contribution in [0.1, 0.15) is 35.1 Å². The summed E-state index contributed by atoms with van der Waals surface area (Å²) in [6, 6.07) is 10.8. The van der Waals surface area contributed by atoms with Crippen molar-refractivity contribution in [3.8, 4) is 11.5 Å². The van der Waals surface area contributed by atoms with E-state index < -0.39 is 4.92 Å². The van der Waals surface area contributed by atoms with Gasteiger partial charge in [0.2, 0.25) is 5.76 Å². The van der Waals surface area contributed by atoms with E-state index in [1.54, 1.807) is 24.3 Å². The maximum Gasteiger partial charge on any atom is 0.338 e. The highest BCUT2D eigenvalue weighted by Crippen LogP contribution is 2.30. The number of hydrogen-bond acceptors (Lipinski definition) is 7. The van der Waals surface area contributed by atoms with Gasteiger partial charge in [-0.05, 0) is 74.7 Å².